The maximum Gasteiger partial charge on any atom is 0.225 e. The Balaban J connectivity index is 1.49. The molecule has 2 aliphatic rings. The normalized spacial score (nSPS) is 28.9. The Morgan fingerprint density at radius 1 is 1.43 bits per heavy atom. The monoisotopic (exact) mass is 319 g/mol. The Hall–Kier alpha value is -1.40. The van der Waals surface area contributed by atoms with Crippen LogP contribution in [0.5, 0.6) is 0 Å². The minimum atomic E-state index is 0.0120. The first kappa shape index (κ1) is 16.5. The van der Waals surface area contributed by atoms with E-state index < -0.39 is 0 Å². The van der Waals surface area contributed by atoms with Crippen molar-refractivity contribution >= 4 is 5.91 Å². The number of amides is 1. The fraction of sp³-hybridized carbons (Fsp3) is 0.765. The topological polar surface area (TPSA) is 62.2 Å². The van der Waals surface area contributed by atoms with Crippen LogP contribution in [0.25, 0.3) is 0 Å². The number of aryl methyl sites for hydroxylation is 1. The van der Waals surface area contributed by atoms with Gasteiger partial charge in [0.15, 0.2) is 0 Å². The highest BCUT2D eigenvalue weighted by Gasteiger charge is 2.34. The molecule has 2 saturated heterocycles. The van der Waals surface area contributed by atoms with Gasteiger partial charge in [0.2, 0.25) is 5.91 Å². The smallest absolute Gasteiger partial charge is 0.225 e. The summed E-state index contributed by atoms with van der Waals surface area (Å²) in [5.74, 6) is 0.420. The van der Waals surface area contributed by atoms with Crippen LogP contribution >= 0.6 is 0 Å². The molecule has 0 radical (unpaired) electrons. The lowest BCUT2D eigenvalue weighted by molar-refractivity contribution is -0.124. The molecule has 0 bridgehead atoms. The summed E-state index contributed by atoms with van der Waals surface area (Å²) in [7, 11) is 1.92. The van der Waals surface area contributed by atoms with Crippen LogP contribution in [0.3, 0.4) is 0 Å². The molecule has 0 saturated carbocycles. The lowest BCUT2D eigenvalue weighted by atomic mass is 9.90. The highest BCUT2D eigenvalue weighted by Crippen LogP contribution is 2.27. The van der Waals surface area contributed by atoms with E-state index in [4.69, 9.17) is 0 Å². The van der Waals surface area contributed by atoms with E-state index in [-0.39, 0.29) is 17.7 Å². The Morgan fingerprint density at radius 2 is 2.30 bits per heavy atom. The summed E-state index contributed by atoms with van der Waals surface area (Å²) in [5.41, 5.74) is 1.15. The van der Waals surface area contributed by atoms with Gasteiger partial charge in [0.05, 0.1) is 12.1 Å². The molecule has 3 atom stereocenters. The molecule has 1 aromatic heterocycles. The summed E-state index contributed by atoms with van der Waals surface area (Å²) in [6.45, 7) is 6.78. The zero-order valence-corrected chi connectivity index (χ0v) is 14.3. The molecule has 0 spiro atoms. The van der Waals surface area contributed by atoms with Crippen molar-refractivity contribution < 1.29 is 4.79 Å². The van der Waals surface area contributed by atoms with E-state index in [1.54, 1.807) is 4.68 Å². The summed E-state index contributed by atoms with van der Waals surface area (Å²) in [6.07, 6.45) is 7.81. The van der Waals surface area contributed by atoms with Crippen LogP contribution in [0.2, 0.25) is 0 Å². The lowest BCUT2D eigenvalue weighted by Crippen LogP contribution is -2.44. The first-order chi connectivity index (χ1) is 11.1. The van der Waals surface area contributed by atoms with Gasteiger partial charge in [-0.2, -0.15) is 5.10 Å². The van der Waals surface area contributed by atoms with Crippen molar-refractivity contribution in [2.45, 2.75) is 38.1 Å². The molecule has 128 valence electrons. The van der Waals surface area contributed by atoms with Crippen molar-refractivity contribution in [1.82, 2.24) is 25.3 Å². The second kappa shape index (κ2) is 7.45. The summed E-state index contributed by atoms with van der Waals surface area (Å²) in [6, 6.07) is 0.650. The standard InChI is InChI=1S/C17H29N5O/c1-13-5-3-4-7-22(13)8-6-19-17(23)16-11-18-10-15(16)14-9-20-21(2)12-14/h9,12-13,15-16,18H,3-8,10-11H2,1-2H3,(H,19,23)/t13?,15-,16+/m1/s1. The van der Waals surface area contributed by atoms with Gasteiger partial charge in [0.1, 0.15) is 0 Å². The molecule has 0 aromatic carbocycles. The first-order valence-electron chi connectivity index (χ1n) is 8.86. The summed E-state index contributed by atoms with van der Waals surface area (Å²) >= 11 is 0. The van der Waals surface area contributed by atoms with Crippen LogP contribution in [0, 0.1) is 5.92 Å². The quantitative estimate of drug-likeness (QED) is 0.839. The Bertz CT molecular complexity index is 529. The third-order valence-corrected chi connectivity index (χ3v) is 5.34. The molecule has 2 N–H and O–H groups in total. The molecule has 6 nitrogen and oxygen atoms in total. The van der Waals surface area contributed by atoms with Gasteiger partial charge in [-0.15, -0.1) is 0 Å². The molecule has 2 fully saturated rings. The predicted octanol–water partition coefficient (Wildman–Crippen LogP) is 0.714. The maximum absolute atomic E-state index is 12.6. The van der Waals surface area contributed by atoms with Gasteiger partial charge in [-0.05, 0) is 31.9 Å². The zero-order chi connectivity index (χ0) is 16.2. The van der Waals surface area contributed by atoms with Gasteiger partial charge >= 0.3 is 0 Å². The third-order valence-electron chi connectivity index (χ3n) is 5.34. The summed E-state index contributed by atoms with van der Waals surface area (Å²) < 4.78 is 1.81. The van der Waals surface area contributed by atoms with E-state index in [2.05, 4.69) is 27.6 Å². The van der Waals surface area contributed by atoms with Crippen molar-refractivity contribution in [2.24, 2.45) is 13.0 Å². The number of rotatable bonds is 5. The Labute approximate surface area is 138 Å². The Morgan fingerprint density at radius 3 is 3.04 bits per heavy atom. The van der Waals surface area contributed by atoms with E-state index in [1.807, 2.05) is 19.4 Å². The zero-order valence-electron chi connectivity index (χ0n) is 14.3. The molecule has 1 unspecified atom stereocenters. The van der Waals surface area contributed by atoms with E-state index in [0.717, 1.165) is 31.7 Å². The Kier molecular flexibility index (Phi) is 5.33. The average Bonchev–Trinajstić information content (AvgIpc) is 3.17. The number of hydrogen-bond donors (Lipinski definition) is 2. The van der Waals surface area contributed by atoms with Crippen LogP contribution in [0.15, 0.2) is 12.4 Å². The highest BCUT2D eigenvalue weighted by atomic mass is 16.1. The summed E-state index contributed by atoms with van der Waals surface area (Å²) in [4.78, 5) is 15.1. The van der Waals surface area contributed by atoms with Crippen LogP contribution in [0.1, 0.15) is 37.7 Å². The average molecular weight is 319 g/mol. The fourth-order valence-corrected chi connectivity index (χ4v) is 3.88. The van der Waals surface area contributed by atoms with Crippen molar-refractivity contribution in [3.8, 4) is 0 Å². The molecule has 1 amide bonds. The number of piperidine rings is 1. The van der Waals surface area contributed by atoms with Crippen LogP contribution < -0.4 is 10.6 Å². The molecule has 3 rings (SSSR count). The SMILES string of the molecule is CC1CCCCN1CCNC(=O)[C@H]1CNC[C@@H]1c1cnn(C)c1. The number of likely N-dealkylation sites (tertiary alicyclic amines) is 1. The molecule has 2 aliphatic heterocycles. The van der Waals surface area contributed by atoms with E-state index in [0.29, 0.717) is 6.04 Å². The van der Waals surface area contributed by atoms with Gasteiger partial charge in [-0.1, -0.05) is 6.42 Å². The molecule has 23 heavy (non-hydrogen) atoms. The maximum atomic E-state index is 12.6. The number of nitrogens with one attached hydrogen (secondary N) is 2. The van der Waals surface area contributed by atoms with Gasteiger partial charge < -0.3 is 10.6 Å². The number of hydrogen-bond acceptors (Lipinski definition) is 4. The fourth-order valence-electron chi connectivity index (χ4n) is 3.88. The van der Waals surface area contributed by atoms with Crippen LogP contribution in [0.4, 0.5) is 0 Å². The molecule has 0 aliphatic carbocycles. The second-order valence-corrected chi connectivity index (χ2v) is 6.99. The van der Waals surface area contributed by atoms with E-state index >= 15 is 0 Å². The minimum Gasteiger partial charge on any atom is -0.355 e. The van der Waals surface area contributed by atoms with Gasteiger partial charge in [-0.3, -0.25) is 14.4 Å². The second-order valence-electron chi connectivity index (χ2n) is 6.99. The van der Waals surface area contributed by atoms with Gasteiger partial charge in [0, 0.05) is 51.4 Å². The van der Waals surface area contributed by atoms with E-state index in [9.17, 15) is 4.79 Å². The van der Waals surface area contributed by atoms with Crippen molar-refractivity contribution in [3.05, 3.63) is 18.0 Å². The molecule has 6 heteroatoms. The van der Waals surface area contributed by atoms with Gasteiger partial charge in [0.25, 0.3) is 0 Å². The van der Waals surface area contributed by atoms with Gasteiger partial charge in [-0.25, -0.2) is 0 Å². The number of nitrogens with zero attached hydrogens (tertiary/aromatic N) is 3. The number of carbonyl (C=O) groups excluding carboxylic acids is 1. The van der Waals surface area contributed by atoms with Crippen molar-refractivity contribution in [3.63, 3.8) is 0 Å². The van der Waals surface area contributed by atoms with Crippen molar-refractivity contribution in [1.29, 1.82) is 0 Å². The van der Waals surface area contributed by atoms with Crippen molar-refractivity contribution in [2.75, 3.05) is 32.7 Å². The van der Waals surface area contributed by atoms with Crippen LogP contribution in [-0.2, 0) is 11.8 Å². The highest BCUT2D eigenvalue weighted by molar-refractivity contribution is 5.80. The first-order valence-corrected chi connectivity index (χ1v) is 8.86. The number of aromatic nitrogens is 2. The summed E-state index contributed by atoms with van der Waals surface area (Å²) in [5, 5.41) is 10.7. The third kappa shape index (κ3) is 3.93. The minimum absolute atomic E-state index is 0.0120. The van der Waals surface area contributed by atoms with E-state index in [1.165, 1.54) is 25.8 Å². The molecular formula is C17H29N5O. The largest absolute Gasteiger partial charge is 0.355 e. The molecule has 3 heterocycles. The molecular weight excluding hydrogens is 290 g/mol. The predicted molar refractivity (Wildman–Crippen MR) is 90.2 cm³/mol. The lowest BCUT2D eigenvalue weighted by Gasteiger charge is -2.33. The van der Waals surface area contributed by atoms with Crippen LogP contribution in [-0.4, -0.2) is 59.4 Å². The number of carbonyl (C=O) groups is 1. The molecule has 1 aromatic rings.